The minimum atomic E-state index is -0.595. The van der Waals surface area contributed by atoms with Crippen LogP contribution in [0.1, 0.15) is 12.2 Å². The number of benzene rings is 2. The fourth-order valence-corrected chi connectivity index (χ4v) is 3.62. The van der Waals surface area contributed by atoms with E-state index in [-0.39, 0.29) is 10.9 Å². The number of amides is 2. The van der Waals surface area contributed by atoms with Crippen LogP contribution in [0.4, 0.5) is 5.69 Å². The molecule has 0 N–H and O–H groups in total. The number of halogens is 1. The molecule has 1 fully saturated rings. The van der Waals surface area contributed by atoms with Crippen molar-refractivity contribution in [3.63, 3.8) is 0 Å². The average Bonchev–Trinajstić information content (AvgIpc) is 2.65. The fourth-order valence-electron chi connectivity index (χ4n) is 3.10. The van der Waals surface area contributed by atoms with Gasteiger partial charge in [0, 0.05) is 5.02 Å². The number of carbonyl (C=O) groups is 2. The predicted molar refractivity (Wildman–Crippen MR) is 110 cm³/mol. The number of para-hydroxylation sites is 1. The minimum absolute atomic E-state index is 0.120. The zero-order valence-electron chi connectivity index (χ0n) is 14.6. The first-order chi connectivity index (χ1) is 13.4. The van der Waals surface area contributed by atoms with Crippen LogP contribution in [-0.4, -0.2) is 26.6 Å². The normalized spacial score (nSPS) is 14.9. The topological polar surface area (TPSA) is 75.5 Å². The highest BCUT2D eigenvalue weighted by molar-refractivity contribution is 7.81. The fraction of sp³-hybridized carbons (Fsp3) is 0.105. The number of nitrogens with zero attached hydrogens (tertiary/aromatic N) is 4. The minimum Gasteiger partial charge on any atom is -0.273 e. The van der Waals surface area contributed by atoms with Crippen LogP contribution in [0.15, 0.2) is 53.3 Å². The lowest BCUT2D eigenvalue weighted by atomic mass is 10.2. The second-order valence-electron chi connectivity index (χ2n) is 6.16. The SMILES string of the molecule is Cc1nc2ccccc2c(=O)n1N1C(=O)CC(=O)N(c2ccc(Cl)cc2)C1=S. The van der Waals surface area contributed by atoms with Crippen molar-refractivity contribution in [1.82, 2.24) is 9.66 Å². The zero-order chi connectivity index (χ0) is 20.0. The maximum atomic E-state index is 13.1. The average molecular weight is 413 g/mol. The number of carbonyl (C=O) groups excluding carboxylic acids is 2. The molecule has 28 heavy (non-hydrogen) atoms. The van der Waals surface area contributed by atoms with Crippen molar-refractivity contribution in [2.45, 2.75) is 13.3 Å². The van der Waals surface area contributed by atoms with Gasteiger partial charge in [0.1, 0.15) is 12.2 Å². The van der Waals surface area contributed by atoms with Crippen LogP contribution in [0.5, 0.6) is 0 Å². The largest absolute Gasteiger partial charge is 0.280 e. The second-order valence-corrected chi connectivity index (χ2v) is 6.97. The summed E-state index contributed by atoms with van der Waals surface area (Å²) >= 11 is 11.3. The van der Waals surface area contributed by atoms with Gasteiger partial charge in [-0.25, -0.2) is 4.98 Å². The van der Waals surface area contributed by atoms with Crippen molar-refractivity contribution in [2.24, 2.45) is 0 Å². The van der Waals surface area contributed by atoms with Crippen molar-refractivity contribution < 1.29 is 9.59 Å². The van der Waals surface area contributed by atoms with Gasteiger partial charge in [0.2, 0.25) is 11.0 Å². The highest BCUT2D eigenvalue weighted by Gasteiger charge is 2.38. The second kappa shape index (κ2) is 6.81. The van der Waals surface area contributed by atoms with Crippen LogP contribution in [0.2, 0.25) is 5.02 Å². The Morgan fingerprint density at radius 1 is 1.00 bits per heavy atom. The Bertz CT molecular complexity index is 1210. The molecule has 9 heteroatoms. The van der Waals surface area contributed by atoms with E-state index in [1.165, 1.54) is 4.90 Å². The van der Waals surface area contributed by atoms with E-state index in [1.54, 1.807) is 55.5 Å². The smallest absolute Gasteiger partial charge is 0.273 e. The Kier molecular flexibility index (Phi) is 4.44. The number of anilines is 1. The molecule has 1 aliphatic rings. The maximum Gasteiger partial charge on any atom is 0.280 e. The molecule has 0 aliphatic carbocycles. The standard InChI is InChI=1S/C19H13ClN4O3S/c1-11-21-15-5-3-2-4-14(15)18(27)23(11)24-17(26)10-16(25)22(19(24)28)13-8-6-12(20)7-9-13/h2-9H,10H2,1H3. The van der Waals surface area contributed by atoms with Gasteiger partial charge in [-0.05, 0) is 55.5 Å². The lowest BCUT2D eigenvalue weighted by molar-refractivity contribution is -0.127. The molecule has 140 valence electrons. The Morgan fingerprint density at radius 2 is 1.68 bits per heavy atom. The summed E-state index contributed by atoms with van der Waals surface area (Å²) in [5, 5.41) is 1.75. The molecule has 2 heterocycles. The van der Waals surface area contributed by atoms with Crippen LogP contribution >= 0.6 is 23.8 Å². The molecule has 0 bridgehead atoms. The van der Waals surface area contributed by atoms with E-state index in [9.17, 15) is 14.4 Å². The van der Waals surface area contributed by atoms with Crippen molar-refractivity contribution in [3.8, 4) is 0 Å². The molecule has 0 unspecified atom stereocenters. The highest BCUT2D eigenvalue weighted by atomic mass is 35.5. The molecule has 7 nitrogen and oxygen atoms in total. The molecular formula is C19H13ClN4O3S. The Morgan fingerprint density at radius 3 is 2.39 bits per heavy atom. The molecule has 0 saturated carbocycles. The van der Waals surface area contributed by atoms with Gasteiger partial charge in [0.15, 0.2) is 0 Å². The van der Waals surface area contributed by atoms with Gasteiger partial charge in [0.25, 0.3) is 11.5 Å². The van der Waals surface area contributed by atoms with Crippen molar-refractivity contribution in [2.75, 3.05) is 9.91 Å². The lowest BCUT2D eigenvalue weighted by Gasteiger charge is -2.36. The third kappa shape index (κ3) is 2.87. The summed E-state index contributed by atoms with van der Waals surface area (Å²) in [4.78, 5) is 43.9. The van der Waals surface area contributed by atoms with Gasteiger partial charge in [-0.1, -0.05) is 23.7 Å². The van der Waals surface area contributed by atoms with Crippen molar-refractivity contribution in [3.05, 3.63) is 69.7 Å². The molecule has 2 aromatic carbocycles. The summed E-state index contributed by atoms with van der Waals surface area (Å²) in [6.45, 7) is 1.60. The third-order valence-corrected chi connectivity index (χ3v) is 4.97. The number of rotatable bonds is 2. The molecule has 2 amide bonds. The van der Waals surface area contributed by atoms with E-state index < -0.39 is 23.8 Å². The molecule has 1 saturated heterocycles. The van der Waals surface area contributed by atoms with Crippen LogP contribution in [0.25, 0.3) is 10.9 Å². The predicted octanol–water partition coefficient (Wildman–Crippen LogP) is 2.54. The highest BCUT2D eigenvalue weighted by Crippen LogP contribution is 2.23. The van der Waals surface area contributed by atoms with Gasteiger partial charge in [0.05, 0.1) is 16.6 Å². The van der Waals surface area contributed by atoms with E-state index in [2.05, 4.69) is 4.98 Å². The number of fused-ring (bicyclic) bond motifs is 1. The quantitative estimate of drug-likeness (QED) is 0.477. The van der Waals surface area contributed by atoms with Gasteiger partial charge in [-0.15, -0.1) is 0 Å². The van der Waals surface area contributed by atoms with E-state index in [4.69, 9.17) is 23.8 Å². The number of hydrogen-bond donors (Lipinski definition) is 0. The molecule has 0 radical (unpaired) electrons. The molecule has 1 aromatic heterocycles. The summed E-state index contributed by atoms with van der Waals surface area (Å²) in [7, 11) is 0. The van der Waals surface area contributed by atoms with Crippen LogP contribution < -0.4 is 15.5 Å². The first-order valence-electron chi connectivity index (χ1n) is 8.32. The maximum absolute atomic E-state index is 13.1. The van der Waals surface area contributed by atoms with Crippen LogP contribution in [0, 0.1) is 6.92 Å². The first-order valence-corrected chi connectivity index (χ1v) is 9.11. The van der Waals surface area contributed by atoms with Crippen LogP contribution in [0.3, 0.4) is 0 Å². The Labute approximate surface area is 169 Å². The van der Waals surface area contributed by atoms with Crippen molar-refractivity contribution >= 4 is 57.3 Å². The summed E-state index contributed by atoms with van der Waals surface area (Å²) < 4.78 is 1.11. The molecule has 4 rings (SSSR count). The number of aryl methyl sites for hydroxylation is 1. The van der Waals surface area contributed by atoms with E-state index >= 15 is 0 Å². The third-order valence-electron chi connectivity index (χ3n) is 4.36. The summed E-state index contributed by atoms with van der Waals surface area (Å²) in [6.07, 6.45) is -0.429. The molecule has 1 aliphatic heterocycles. The monoisotopic (exact) mass is 412 g/mol. The lowest BCUT2D eigenvalue weighted by Crippen LogP contribution is -2.62. The van der Waals surface area contributed by atoms with E-state index in [0.717, 1.165) is 9.69 Å². The Balaban J connectivity index is 1.87. The van der Waals surface area contributed by atoms with E-state index in [1.807, 2.05) is 0 Å². The Hall–Kier alpha value is -3.10. The van der Waals surface area contributed by atoms with Gasteiger partial charge < -0.3 is 0 Å². The summed E-state index contributed by atoms with van der Waals surface area (Å²) in [5.74, 6) is -0.791. The number of aromatic nitrogens is 2. The van der Waals surface area contributed by atoms with Gasteiger partial charge >= 0.3 is 0 Å². The van der Waals surface area contributed by atoms with Crippen LogP contribution in [-0.2, 0) is 9.59 Å². The molecule has 0 atom stereocenters. The van der Waals surface area contributed by atoms with Gasteiger partial charge in [-0.3, -0.25) is 19.3 Å². The zero-order valence-corrected chi connectivity index (χ0v) is 16.2. The number of thiocarbonyl (C=S) groups is 1. The summed E-state index contributed by atoms with van der Waals surface area (Å²) in [6, 6.07) is 13.3. The molecular weight excluding hydrogens is 400 g/mol. The first kappa shape index (κ1) is 18.3. The van der Waals surface area contributed by atoms with E-state index in [0.29, 0.717) is 21.6 Å². The van der Waals surface area contributed by atoms with Crippen molar-refractivity contribution in [1.29, 1.82) is 0 Å². The molecule has 3 aromatic rings. The molecule has 0 spiro atoms. The van der Waals surface area contributed by atoms with Gasteiger partial charge in [-0.2, -0.15) is 9.69 Å². The summed E-state index contributed by atoms with van der Waals surface area (Å²) in [5.41, 5.74) is 0.530. The number of hydrogen-bond acceptors (Lipinski definition) is 5.